The molecule has 1 aromatic heterocycles. The molecule has 4 heteroatoms. The number of hydrogen-bond acceptors (Lipinski definition) is 3. The molecule has 0 saturated heterocycles. The van der Waals surface area contributed by atoms with E-state index in [0.717, 1.165) is 11.1 Å². The molecule has 0 spiro atoms. The molecule has 1 aromatic carbocycles. The SMILES string of the molecule is [C-]#[N+]c1ncnc(-c2ccc(C)cc2)c1O. The molecule has 1 heterocycles. The molecule has 2 rings (SSSR count). The summed E-state index contributed by atoms with van der Waals surface area (Å²) in [4.78, 5) is 10.8. The third-order valence-electron chi connectivity index (χ3n) is 2.23. The number of nitrogens with zero attached hydrogens (tertiary/aromatic N) is 3. The van der Waals surface area contributed by atoms with E-state index < -0.39 is 0 Å². The van der Waals surface area contributed by atoms with Crippen LogP contribution in [-0.2, 0) is 0 Å². The number of aromatic hydroxyl groups is 1. The van der Waals surface area contributed by atoms with Crippen molar-refractivity contribution in [1.82, 2.24) is 9.97 Å². The Morgan fingerprint density at radius 3 is 2.50 bits per heavy atom. The van der Waals surface area contributed by atoms with Crippen LogP contribution in [0.25, 0.3) is 16.1 Å². The van der Waals surface area contributed by atoms with Crippen molar-refractivity contribution in [2.75, 3.05) is 0 Å². The Labute approximate surface area is 93.1 Å². The molecule has 0 saturated carbocycles. The molecular weight excluding hydrogens is 202 g/mol. The molecule has 1 N–H and O–H groups in total. The largest absolute Gasteiger partial charge is 0.515 e. The van der Waals surface area contributed by atoms with Crippen LogP contribution in [-0.4, -0.2) is 15.1 Å². The van der Waals surface area contributed by atoms with Crippen molar-refractivity contribution in [1.29, 1.82) is 0 Å². The van der Waals surface area contributed by atoms with Gasteiger partial charge in [0, 0.05) is 5.56 Å². The summed E-state index contributed by atoms with van der Waals surface area (Å²) >= 11 is 0. The Morgan fingerprint density at radius 1 is 1.19 bits per heavy atom. The Kier molecular flexibility index (Phi) is 2.52. The highest BCUT2D eigenvalue weighted by Crippen LogP contribution is 2.33. The maximum absolute atomic E-state index is 9.77. The molecule has 78 valence electrons. The van der Waals surface area contributed by atoms with E-state index in [-0.39, 0.29) is 11.6 Å². The normalized spacial score (nSPS) is 9.75. The van der Waals surface area contributed by atoms with Gasteiger partial charge < -0.3 is 9.95 Å². The van der Waals surface area contributed by atoms with Crippen molar-refractivity contribution in [2.45, 2.75) is 6.92 Å². The number of hydrogen-bond donors (Lipinski definition) is 1. The molecular formula is C12H9N3O. The second-order valence-corrected chi connectivity index (χ2v) is 3.37. The van der Waals surface area contributed by atoms with Gasteiger partial charge in [-0.3, -0.25) is 0 Å². The molecule has 0 bridgehead atoms. The fourth-order valence-electron chi connectivity index (χ4n) is 1.37. The lowest BCUT2D eigenvalue weighted by molar-refractivity contribution is 0.476. The zero-order valence-electron chi connectivity index (χ0n) is 8.68. The monoisotopic (exact) mass is 211 g/mol. The zero-order chi connectivity index (χ0) is 11.5. The van der Waals surface area contributed by atoms with E-state index >= 15 is 0 Å². The summed E-state index contributed by atoms with van der Waals surface area (Å²) in [5.74, 6) is -0.188. The smallest absolute Gasteiger partial charge is 0.315 e. The first kappa shape index (κ1) is 10.1. The van der Waals surface area contributed by atoms with E-state index in [4.69, 9.17) is 6.57 Å². The van der Waals surface area contributed by atoms with Crippen molar-refractivity contribution in [3.05, 3.63) is 47.6 Å². The van der Waals surface area contributed by atoms with Crippen LogP contribution in [0.2, 0.25) is 0 Å². The lowest BCUT2D eigenvalue weighted by Crippen LogP contribution is -1.86. The number of benzene rings is 1. The molecule has 0 atom stereocenters. The van der Waals surface area contributed by atoms with Crippen LogP contribution in [0, 0.1) is 13.5 Å². The lowest BCUT2D eigenvalue weighted by Gasteiger charge is -2.03. The molecule has 0 unspecified atom stereocenters. The third-order valence-corrected chi connectivity index (χ3v) is 2.23. The quantitative estimate of drug-likeness (QED) is 0.738. The van der Waals surface area contributed by atoms with Crippen LogP contribution in [0.3, 0.4) is 0 Å². The summed E-state index contributed by atoms with van der Waals surface area (Å²) in [5, 5.41) is 9.77. The van der Waals surface area contributed by atoms with Gasteiger partial charge in [0.2, 0.25) is 6.33 Å². The van der Waals surface area contributed by atoms with Gasteiger partial charge in [-0.05, 0) is 6.92 Å². The van der Waals surface area contributed by atoms with Gasteiger partial charge in [-0.15, -0.1) is 4.98 Å². The Balaban J connectivity index is 2.57. The first-order chi connectivity index (χ1) is 7.72. The summed E-state index contributed by atoms with van der Waals surface area (Å²) < 4.78 is 0. The maximum atomic E-state index is 9.77. The minimum absolute atomic E-state index is 0.0226. The van der Waals surface area contributed by atoms with E-state index in [1.165, 1.54) is 6.33 Å². The summed E-state index contributed by atoms with van der Waals surface area (Å²) in [6.45, 7) is 8.83. The van der Waals surface area contributed by atoms with Crippen molar-refractivity contribution in [3.8, 4) is 17.0 Å². The van der Waals surface area contributed by atoms with Crippen LogP contribution in [0.5, 0.6) is 5.75 Å². The average molecular weight is 211 g/mol. The van der Waals surface area contributed by atoms with E-state index in [9.17, 15) is 5.11 Å². The number of aryl methyl sites for hydroxylation is 1. The minimum atomic E-state index is -0.165. The van der Waals surface area contributed by atoms with Crippen LogP contribution < -0.4 is 0 Å². The molecule has 2 aromatic rings. The number of rotatable bonds is 1. The molecule has 0 amide bonds. The van der Waals surface area contributed by atoms with Gasteiger partial charge in [-0.2, -0.15) is 0 Å². The summed E-state index contributed by atoms with van der Waals surface area (Å²) in [6.07, 6.45) is 1.28. The predicted molar refractivity (Wildman–Crippen MR) is 60.1 cm³/mol. The van der Waals surface area contributed by atoms with Gasteiger partial charge in [0.25, 0.3) is 0 Å². The molecule has 0 aliphatic heterocycles. The van der Waals surface area contributed by atoms with E-state index in [1.54, 1.807) is 0 Å². The van der Waals surface area contributed by atoms with E-state index in [2.05, 4.69) is 14.8 Å². The van der Waals surface area contributed by atoms with Gasteiger partial charge >= 0.3 is 5.82 Å². The van der Waals surface area contributed by atoms with Crippen molar-refractivity contribution >= 4 is 5.82 Å². The fourth-order valence-corrected chi connectivity index (χ4v) is 1.37. The number of aromatic nitrogens is 2. The molecule has 0 aliphatic carbocycles. The van der Waals surface area contributed by atoms with Crippen molar-refractivity contribution in [2.24, 2.45) is 0 Å². The van der Waals surface area contributed by atoms with Gasteiger partial charge in [0.15, 0.2) is 5.75 Å². The van der Waals surface area contributed by atoms with Crippen LogP contribution >= 0.6 is 0 Å². The standard InChI is InChI=1S/C12H9N3O/c1-8-3-5-9(6-4-8)10-11(16)12(13-2)15-7-14-10/h3-7,16H,1H3. The van der Waals surface area contributed by atoms with Gasteiger partial charge in [0.05, 0.1) is 0 Å². The second kappa shape index (κ2) is 3.99. The maximum Gasteiger partial charge on any atom is 0.315 e. The molecule has 4 nitrogen and oxygen atoms in total. The summed E-state index contributed by atoms with van der Waals surface area (Å²) in [6, 6.07) is 7.55. The van der Waals surface area contributed by atoms with Crippen LogP contribution in [0.15, 0.2) is 30.6 Å². The molecule has 0 aliphatic rings. The van der Waals surface area contributed by atoms with Crippen molar-refractivity contribution in [3.63, 3.8) is 0 Å². The molecule has 0 fully saturated rings. The van der Waals surface area contributed by atoms with Crippen LogP contribution in [0.1, 0.15) is 5.56 Å². The Hall–Kier alpha value is -2.41. The van der Waals surface area contributed by atoms with Crippen LogP contribution in [0.4, 0.5) is 5.82 Å². The van der Waals surface area contributed by atoms with E-state index in [0.29, 0.717) is 5.69 Å². The van der Waals surface area contributed by atoms with Gasteiger partial charge in [-0.1, -0.05) is 36.4 Å². The molecule has 0 radical (unpaired) electrons. The fraction of sp³-hybridized carbons (Fsp3) is 0.0833. The zero-order valence-corrected chi connectivity index (χ0v) is 8.68. The minimum Gasteiger partial charge on any atom is -0.515 e. The summed E-state index contributed by atoms with van der Waals surface area (Å²) in [7, 11) is 0. The highest BCUT2D eigenvalue weighted by Gasteiger charge is 2.11. The molecule has 16 heavy (non-hydrogen) atoms. The first-order valence-electron chi connectivity index (χ1n) is 4.71. The topological polar surface area (TPSA) is 50.4 Å². The Morgan fingerprint density at radius 2 is 1.88 bits per heavy atom. The summed E-state index contributed by atoms with van der Waals surface area (Å²) in [5.41, 5.74) is 2.29. The lowest BCUT2D eigenvalue weighted by atomic mass is 10.1. The van der Waals surface area contributed by atoms with E-state index in [1.807, 2.05) is 31.2 Å². The van der Waals surface area contributed by atoms with Gasteiger partial charge in [-0.25, -0.2) is 4.98 Å². The highest BCUT2D eigenvalue weighted by molar-refractivity contribution is 5.72. The van der Waals surface area contributed by atoms with Crippen molar-refractivity contribution < 1.29 is 5.11 Å². The Bertz CT molecular complexity index is 555. The highest BCUT2D eigenvalue weighted by atomic mass is 16.3. The second-order valence-electron chi connectivity index (χ2n) is 3.37. The average Bonchev–Trinajstić information content (AvgIpc) is 2.31. The predicted octanol–water partition coefficient (Wildman–Crippen LogP) is 2.71. The van der Waals surface area contributed by atoms with Gasteiger partial charge in [0.1, 0.15) is 5.69 Å². The first-order valence-corrected chi connectivity index (χ1v) is 4.71. The third kappa shape index (κ3) is 1.71.